The summed E-state index contributed by atoms with van der Waals surface area (Å²) in [6, 6.07) is 3.70. The number of aromatic nitrogens is 1. The van der Waals surface area contributed by atoms with Crippen LogP contribution >= 0.6 is 0 Å². The van der Waals surface area contributed by atoms with Crippen molar-refractivity contribution in [1.82, 2.24) is 15.2 Å². The Morgan fingerprint density at radius 3 is 2.52 bits per heavy atom. The van der Waals surface area contributed by atoms with Gasteiger partial charge in [0.05, 0.1) is 0 Å². The Morgan fingerprint density at radius 2 is 1.95 bits per heavy atom. The summed E-state index contributed by atoms with van der Waals surface area (Å²) >= 11 is 0. The Bertz CT molecular complexity index is 517. The van der Waals surface area contributed by atoms with Gasteiger partial charge in [-0.1, -0.05) is 0 Å². The summed E-state index contributed by atoms with van der Waals surface area (Å²) < 4.78 is 0. The predicted octanol–water partition coefficient (Wildman–Crippen LogP) is 0.888. The molecule has 0 radical (unpaired) electrons. The minimum absolute atomic E-state index is 0.170. The van der Waals surface area contributed by atoms with E-state index < -0.39 is 0 Å². The minimum atomic E-state index is -0.287. The molecule has 0 aromatic carbocycles. The zero-order valence-corrected chi connectivity index (χ0v) is 12.8. The van der Waals surface area contributed by atoms with Gasteiger partial charge in [-0.15, -0.1) is 0 Å². The molecule has 6 nitrogen and oxygen atoms in total. The molecule has 1 saturated heterocycles. The fourth-order valence-electron chi connectivity index (χ4n) is 2.23. The molecule has 1 fully saturated rings. The number of pyridine rings is 1. The highest BCUT2D eigenvalue weighted by atomic mass is 16.2. The number of rotatable bonds is 3. The first-order chi connectivity index (χ1) is 9.89. The average molecular weight is 290 g/mol. The molecule has 2 heterocycles. The van der Waals surface area contributed by atoms with Crippen molar-refractivity contribution in [3.8, 4) is 0 Å². The Hall–Kier alpha value is -2.11. The molecule has 0 bridgehead atoms. The highest BCUT2D eigenvalue weighted by molar-refractivity contribution is 5.93. The summed E-state index contributed by atoms with van der Waals surface area (Å²) in [7, 11) is 0. The van der Waals surface area contributed by atoms with Gasteiger partial charge in [-0.05, 0) is 32.9 Å². The van der Waals surface area contributed by atoms with Crippen LogP contribution in [-0.2, 0) is 4.79 Å². The van der Waals surface area contributed by atoms with Gasteiger partial charge in [0.15, 0.2) is 0 Å². The lowest BCUT2D eigenvalue weighted by Crippen LogP contribution is -2.46. The predicted molar refractivity (Wildman–Crippen MR) is 81.3 cm³/mol. The lowest BCUT2D eigenvalue weighted by Gasteiger charge is -2.34. The van der Waals surface area contributed by atoms with E-state index in [4.69, 9.17) is 0 Å². The molecule has 1 N–H and O–H groups in total. The van der Waals surface area contributed by atoms with Crippen molar-refractivity contribution in [3.05, 3.63) is 24.0 Å². The number of piperazine rings is 1. The number of nitrogens with one attached hydrogen (secondary N) is 1. The molecule has 1 aromatic rings. The number of nitrogens with zero attached hydrogens (tertiary/aromatic N) is 3. The molecule has 0 spiro atoms. The lowest BCUT2D eigenvalue weighted by molar-refractivity contribution is -0.118. The second-order valence-corrected chi connectivity index (χ2v) is 6.23. The molecular formula is C15H22N4O2. The third kappa shape index (κ3) is 4.18. The summed E-state index contributed by atoms with van der Waals surface area (Å²) in [5.41, 5.74) is 1.10. The fourth-order valence-corrected chi connectivity index (χ4v) is 2.23. The van der Waals surface area contributed by atoms with Crippen molar-refractivity contribution in [1.29, 1.82) is 0 Å². The summed E-state index contributed by atoms with van der Waals surface area (Å²) in [4.78, 5) is 30.9. The minimum Gasteiger partial charge on any atom is -0.368 e. The Kier molecular flexibility index (Phi) is 4.45. The third-order valence-electron chi connectivity index (χ3n) is 3.29. The van der Waals surface area contributed by atoms with Crippen molar-refractivity contribution in [2.24, 2.45) is 0 Å². The van der Waals surface area contributed by atoms with Crippen LogP contribution in [0.3, 0.4) is 0 Å². The maximum atomic E-state index is 12.1. The SMILES string of the molecule is CC(C)(C)NC(=O)c1cc(N2CCN(C=O)CC2)ccn1. The number of hydrogen-bond donors (Lipinski definition) is 1. The van der Waals surface area contributed by atoms with Crippen molar-refractivity contribution in [2.45, 2.75) is 26.3 Å². The molecule has 1 aliphatic rings. The second-order valence-electron chi connectivity index (χ2n) is 6.23. The number of hydrogen-bond acceptors (Lipinski definition) is 4. The number of carbonyl (C=O) groups is 2. The van der Waals surface area contributed by atoms with Gasteiger partial charge >= 0.3 is 0 Å². The largest absolute Gasteiger partial charge is 0.368 e. The van der Waals surface area contributed by atoms with Gasteiger partial charge in [-0.25, -0.2) is 0 Å². The first-order valence-corrected chi connectivity index (χ1v) is 7.12. The van der Waals surface area contributed by atoms with Crippen molar-refractivity contribution in [2.75, 3.05) is 31.1 Å². The maximum absolute atomic E-state index is 12.1. The van der Waals surface area contributed by atoms with Crippen molar-refractivity contribution >= 4 is 18.0 Å². The van der Waals surface area contributed by atoms with Crippen molar-refractivity contribution < 1.29 is 9.59 Å². The van der Waals surface area contributed by atoms with E-state index in [0.717, 1.165) is 25.2 Å². The normalized spacial score (nSPS) is 15.8. The van der Waals surface area contributed by atoms with Gasteiger partial charge in [0.25, 0.3) is 5.91 Å². The molecule has 1 aromatic heterocycles. The smallest absolute Gasteiger partial charge is 0.270 e. The molecule has 21 heavy (non-hydrogen) atoms. The van der Waals surface area contributed by atoms with E-state index in [-0.39, 0.29) is 11.4 Å². The molecule has 2 rings (SSSR count). The summed E-state index contributed by atoms with van der Waals surface area (Å²) in [5.74, 6) is -0.170. The molecule has 6 heteroatoms. The van der Waals surface area contributed by atoms with Crippen LogP contribution in [0, 0.1) is 0 Å². The Labute approximate surface area is 125 Å². The van der Waals surface area contributed by atoms with Gasteiger partial charge in [-0.3, -0.25) is 14.6 Å². The van der Waals surface area contributed by atoms with E-state index in [0.29, 0.717) is 18.8 Å². The van der Waals surface area contributed by atoms with Gasteiger partial charge in [0, 0.05) is 43.6 Å². The van der Waals surface area contributed by atoms with Gasteiger partial charge < -0.3 is 15.1 Å². The topological polar surface area (TPSA) is 65.5 Å². The lowest BCUT2D eigenvalue weighted by atomic mass is 10.1. The number of carbonyl (C=O) groups excluding carboxylic acids is 2. The first kappa shape index (κ1) is 15.3. The van der Waals surface area contributed by atoms with Gasteiger partial charge in [0.1, 0.15) is 5.69 Å². The van der Waals surface area contributed by atoms with Crippen LogP contribution < -0.4 is 10.2 Å². The van der Waals surface area contributed by atoms with E-state index in [1.54, 1.807) is 17.2 Å². The van der Waals surface area contributed by atoms with Gasteiger partial charge in [-0.2, -0.15) is 0 Å². The second kappa shape index (κ2) is 6.11. The molecule has 0 saturated carbocycles. The Balaban J connectivity index is 2.08. The fraction of sp³-hybridized carbons (Fsp3) is 0.533. The molecule has 2 amide bonds. The highest BCUT2D eigenvalue weighted by Crippen LogP contribution is 2.17. The average Bonchev–Trinajstić information content (AvgIpc) is 2.46. The van der Waals surface area contributed by atoms with E-state index in [1.807, 2.05) is 26.8 Å². The molecule has 114 valence electrons. The van der Waals surface area contributed by atoms with E-state index in [2.05, 4.69) is 15.2 Å². The molecule has 1 aliphatic heterocycles. The van der Waals surface area contributed by atoms with Crippen LogP contribution in [0.4, 0.5) is 5.69 Å². The van der Waals surface area contributed by atoms with E-state index >= 15 is 0 Å². The van der Waals surface area contributed by atoms with Crippen LogP contribution in [0.1, 0.15) is 31.3 Å². The summed E-state index contributed by atoms with van der Waals surface area (Å²) in [6.45, 7) is 8.76. The monoisotopic (exact) mass is 290 g/mol. The molecule has 0 atom stereocenters. The molecule has 0 unspecified atom stereocenters. The number of anilines is 1. The maximum Gasteiger partial charge on any atom is 0.270 e. The Morgan fingerprint density at radius 1 is 1.29 bits per heavy atom. The molecular weight excluding hydrogens is 268 g/mol. The van der Waals surface area contributed by atoms with Crippen LogP contribution in [0.2, 0.25) is 0 Å². The molecule has 0 aliphatic carbocycles. The third-order valence-corrected chi connectivity index (χ3v) is 3.29. The quantitative estimate of drug-likeness (QED) is 0.840. The van der Waals surface area contributed by atoms with Crippen LogP contribution in [0.15, 0.2) is 18.3 Å². The van der Waals surface area contributed by atoms with Crippen LogP contribution in [0.5, 0.6) is 0 Å². The zero-order chi connectivity index (χ0) is 15.5. The van der Waals surface area contributed by atoms with E-state index in [9.17, 15) is 9.59 Å². The van der Waals surface area contributed by atoms with Crippen LogP contribution in [0.25, 0.3) is 0 Å². The van der Waals surface area contributed by atoms with Gasteiger partial charge in [0.2, 0.25) is 6.41 Å². The summed E-state index contributed by atoms with van der Waals surface area (Å²) in [6.07, 6.45) is 2.53. The first-order valence-electron chi connectivity index (χ1n) is 7.12. The highest BCUT2D eigenvalue weighted by Gasteiger charge is 2.19. The zero-order valence-electron chi connectivity index (χ0n) is 12.8. The van der Waals surface area contributed by atoms with Crippen molar-refractivity contribution in [3.63, 3.8) is 0 Å². The number of amides is 2. The standard InChI is InChI=1S/C15H22N4O2/c1-15(2,3)17-14(21)13-10-12(4-5-16-13)19-8-6-18(11-20)7-9-19/h4-5,10-11H,6-9H2,1-3H3,(H,17,21). The van der Waals surface area contributed by atoms with E-state index in [1.165, 1.54) is 0 Å². The van der Waals surface area contributed by atoms with Crippen LogP contribution in [-0.4, -0.2) is 53.9 Å². The summed E-state index contributed by atoms with van der Waals surface area (Å²) in [5, 5.41) is 2.91.